The highest BCUT2D eigenvalue weighted by molar-refractivity contribution is 6.14. The topological polar surface area (TPSA) is 87.0 Å². The van der Waals surface area contributed by atoms with Crippen LogP contribution < -0.4 is 10.1 Å². The zero-order chi connectivity index (χ0) is 17.4. The van der Waals surface area contributed by atoms with Crippen LogP contribution in [0.4, 0.5) is 0 Å². The zero-order valence-electron chi connectivity index (χ0n) is 13.5. The summed E-state index contributed by atoms with van der Waals surface area (Å²) in [7, 11) is 0. The molecule has 3 N–H and O–H groups in total. The van der Waals surface area contributed by atoms with Crippen molar-refractivity contribution in [2.45, 2.75) is 11.8 Å². The van der Waals surface area contributed by atoms with E-state index in [1.54, 1.807) is 0 Å². The van der Waals surface area contributed by atoms with Gasteiger partial charge in [0.2, 0.25) is 17.7 Å². The Morgan fingerprint density at radius 3 is 2.62 bits per heavy atom. The summed E-state index contributed by atoms with van der Waals surface area (Å²) in [5.74, 6) is -0.583. The van der Waals surface area contributed by atoms with E-state index in [0.717, 1.165) is 32.9 Å². The highest BCUT2D eigenvalue weighted by Gasteiger charge is 2.48. The van der Waals surface area contributed by atoms with E-state index < -0.39 is 11.8 Å². The molecule has 2 aliphatic heterocycles. The van der Waals surface area contributed by atoms with Crippen LogP contribution in [0.5, 0.6) is 11.6 Å². The summed E-state index contributed by atoms with van der Waals surface area (Å²) in [5.41, 5.74) is 3.28. The van der Waals surface area contributed by atoms with Crippen LogP contribution in [0.25, 0.3) is 21.8 Å². The Morgan fingerprint density at radius 1 is 0.885 bits per heavy atom. The second-order valence-corrected chi connectivity index (χ2v) is 6.75. The molecule has 6 rings (SSSR count). The van der Waals surface area contributed by atoms with Crippen molar-refractivity contribution in [1.29, 1.82) is 0 Å². The predicted octanol–water partition coefficient (Wildman–Crippen LogP) is 3.28. The number of aromatic nitrogens is 2. The van der Waals surface area contributed by atoms with E-state index in [0.29, 0.717) is 11.6 Å². The van der Waals surface area contributed by atoms with Crippen molar-refractivity contribution in [3.05, 3.63) is 59.8 Å². The van der Waals surface area contributed by atoms with Crippen LogP contribution in [0.2, 0.25) is 0 Å². The first-order valence-corrected chi connectivity index (χ1v) is 8.45. The Morgan fingerprint density at radius 2 is 1.69 bits per heavy atom. The second-order valence-electron chi connectivity index (χ2n) is 6.75. The van der Waals surface area contributed by atoms with Crippen LogP contribution in [-0.4, -0.2) is 21.8 Å². The minimum Gasteiger partial charge on any atom is -0.440 e. The molecular formula is C20H13N3O3. The third kappa shape index (κ3) is 1.56. The summed E-state index contributed by atoms with van der Waals surface area (Å²) >= 11 is 0. The molecule has 2 aliphatic rings. The molecule has 0 radical (unpaired) electrons. The number of aromatic amines is 2. The lowest BCUT2D eigenvalue weighted by Crippen LogP contribution is -2.21. The number of ether oxygens (including phenoxy) is 1. The molecule has 6 nitrogen and oxygen atoms in total. The molecule has 2 atom stereocenters. The standard InChI is InChI=1S/C20H13N3O3/c24-18-15-10-8-21-12-6-3-7-13(14(10)12)26-20-16(17(15)19(25)23-18)9-4-1-2-5-11(9)22-20/h1-8,15,17,21-22H,(H,23,24,25)/t15-,17-/m0/s1. The first kappa shape index (κ1) is 13.7. The van der Waals surface area contributed by atoms with Gasteiger partial charge in [0, 0.05) is 33.6 Å². The molecular weight excluding hydrogens is 330 g/mol. The molecule has 0 unspecified atom stereocenters. The van der Waals surface area contributed by atoms with Gasteiger partial charge in [-0.2, -0.15) is 0 Å². The molecule has 126 valence electrons. The maximum absolute atomic E-state index is 12.7. The van der Waals surface area contributed by atoms with E-state index in [1.807, 2.05) is 48.7 Å². The van der Waals surface area contributed by atoms with Crippen LogP contribution in [-0.2, 0) is 9.59 Å². The number of carbonyl (C=O) groups excluding carboxylic acids is 2. The first-order chi connectivity index (χ1) is 12.7. The van der Waals surface area contributed by atoms with Crippen LogP contribution in [0.15, 0.2) is 48.7 Å². The van der Waals surface area contributed by atoms with Gasteiger partial charge in [0.15, 0.2) is 0 Å². The molecule has 2 aromatic carbocycles. The summed E-state index contributed by atoms with van der Waals surface area (Å²) in [5, 5.41) is 4.25. The minimum atomic E-state index is -0.624. The fourth-order valence-electron chi connectivity index (χ4n) is 4.34. The Hall–Kier alpha value is -3.54. The lowest BCUT2D eigenvalue weighted by Gasteiger charge is -2.20. The Balaban J connectivity index is 1.77. The van der Waals surface area contributed by atoms with Gasteiger partial charge in [-0.25, -0.2) is 0 Å². The molecule has 4 aromatic rings. The van der Waals surface area contributed by atoms with Crippen molar-refractivity contribution >= 4 is 33.6 Å². The molecule has 0 aliphatic carbocycles. The quantitative estimate of drug-likeness (QED) is 0.428. The van der Waals surface area contributed by atoms with Gasteiger partial charge in [-0.1, -0.05) is 24.3 Å². The Bertz CT molecular complexity index is 1250. The molecule has 0 bridgehead atoms. The summed E-state index contributed by atoms with van der Waals surface area (Å²) in [6, 6.07) is 13.4. The highest BCUT2D eigenvalue weighted by atomic mass is 16.5. The Labute approximate surface area is 147 Å². The normalized spacial score (nSPS) is 21.1. The summed E-state index contributed by atoms with van der Waals surface area (Å²) in [6.45, 7) is 0. The zero-order valence-corrected chi connectivity index (χ0v) is 13.5. The van der Waals surface area contributed by atoms with Crippen LogP contribution in [0, 0.1) is 0 Å². The second kappa shape index (κ2) is 4.54. The van der Waals surface area contributed by atoms with E-state index in [2.05, 4.69) is 15.3 Å². The molecule has 1 fully saturated rings. The molecule has 6 heteroatoms. The van der Waals surface area contributed by atoms with Gasteiger partial charge in [-0.15, -0.1) is 0 Å². The summed E-state index contributed by atoms with van der Waals surface area (Å²) < 4.78 is 6.22. The maximum atomic E-state index is 12.7. The van der Waals surface area contributed by atoms with Crippen molar-refractivity contribution in [1.82, 2.24) is 15.3 Å². The van der Waals surface area contributed by atoms with Crippen LogP contribution in [0.1, 0.15) is 23.0 Å². The number of hydrogen-bond acceptors (Lipinski definition) is 3. The SMILES string of the molecule is O=C1NC(=O)[C@H]2c3c[nH]c4cccc(c34)Oc3[nH]c4ccccc4c3[C@@H]12. The number of H-pyrrole nitrogens is 2. The number of amides is 2. The number of nitrogens with one attached hydrogen (secondary N) is 3. The van der Waals surface area contributed by atoms with Gasteiger partial charge in [-0.05, 0) is 23.8 Å². The van der Waals surface area contributed by atoms with Gasteiger partial charge >= 0.3 is 0 Å². The molecule has 4 heterocycles. The number of carbonyl (C=O) groups is 2. The predicted molar refractivity (Wildman–Crippen MR) is 95.3 cm³/mol. The number of para-hydroxylation sites is 1. The van der Waals surface area contributed by atoms with E-state index in [-0.39, 0.29) is 11.8 Å². The van der Waals surface area contributed by atoms with Crippen molar-refractivity contribution in [3.63, 3.8) is 0 Å². The van der Waals surface area contributed by atoms with Crippen LogP contribution in [0.3, 0.4) is 0 Å². The maximum Gasteiger partial charge on any atom is 0.235 e. The van der Waals surface area contributed by atoms with Gasteiger partial charge in [0.1, 0.15) is 5.75 Å². The number of imide groups is 1. The van der Waals surface area contributed by atoms with Crippen molar-refractivity contribution in [3.8, 4) is 11.6 Å². The Kier molecular flexibility index (Phi) is 2.40. The third-order valence-electron chi connectivity index (χ3n) is 5.41. The number of hydrogen-bond donors (Lipinski definition) is 3. The van der Waals surface area contributed by atoms with E-state index in [1.165, 1.54) is 0 Å². The molecule has 2 amide bonds. The third-order valence-corrected chi connectivity index (χ3v) is 5.41. The molecule has 0 spiro atoms. The first-order valence-electron chi connectivity index (χ1n) is 8.45. The molecule has 0 saturated carbocycles. The molecule has 26 heavy (non-hydrogen) atoms. The van der Waals surface area contributed by atoms with E-state index in [4.69, 9.17) is 4.74 Å². The van der Waals surface area contributed by atoms with Gasteiger partial charge in [0.05, 0.1) is 11.8 Å². The highest BCUT2D eigenvalue weighted by Crippen LogP contribution is 2.50. The lowest BCUT2D eigenvalue weighted by atomic mass is 9.82. The van der Waals surface area contributed by atoms with Gasteiger partial charge in [-0.3, -0.25) is 14.9 Å². The summed E-state index contributed by atoms with van der Waals surface area (Å²) in [4.78, 5) is 31.9. The fraction of sp³-hybridized carbons (Fsp3) is 0.100. The number of benzene rings is 2. The van der Waals surface area contributed by atoms with Crippen LogP contribution >= 0.6 is 0 Å². The minimum absolute atomic E-state index is 0.270. The van der Waals surface area contributed by atoms with Crippen molar-refractivity contribution in [2.75, 3.05) is 0 Å². The van der Waals surface area contributed by atoms with Crippen molar-refractivity contribution in [2.24, 2.45) is 0 Å². The largest absolute Gasteiger partial charge is 0.440 e. The van der Waals surface area contributed by atoms with Gasteiger partial charge in [0.25, 0.3) is 0 Å². The van der Waals surface area contributed by atoms with Crippen molar-refractivity contribution < 1.29 is 14.3 Å². The smallest absolute Gasteiger partial charge is 0.235 e. The van der Waals surface area contributed by atoms with E-state index >= 15 is 0 Å². The average Bonchev–Trinajstić information content (AvgIpc) is 3.26. The van der Waals surface area contributed by atoms with Gasteiger partial charge < -0.3 is 14.7 Å². The molecule has 1 saturated heterocycles. The monoisotopic (exact) mass is 343 g/mol. The molecule has 2 aromatic heterocycles. The number of fused-ring (bicyclic) bond motifs is 6. The van der Waals surface area contributed by atoms with E-state index in [9.17, 15) is 9.59 Å². The lowest BCUT2D eigenvalue weighted by molar-refractivity contribution is -0.125. The summed E-state index contributed by atoms with van der Waals surface area (Å²) in [6.07, 6.45) is 1.81. The fourth-order valence-corrected chi connectivity index (χ4v) is 4.34. The average molecular weight is 343 g/mol. The number of rotatable bonds is 0.